The number of rotatable bonds is 2. The molecule has 0 amide bonds. The average Bonchev–Trinajstić information content (AvgIpc) is 2.83. The van der Waals surface area contributed by atoms with Gasteiger partial charge in [0.25, 0.3) is 0 Å². The fourth-order valence-electron chi connectivity index (χ4n) is 1.11. The molecule has 3 heteroatoms. The standard InChI is InChI=1S/C9H11ClN2/c10-7-2-1-3-8(9(7)11)12-6-4-5-6/h1-3,6,12H,4-5,11H2. The zero-order chi connectivity index (χ0) is 8.55. The van der Waals surface area contributed by atoms with Gasteiger partial charge in [0.15, 0.2) is 0 Å². The molecule has 12 heavy (non-hydrogen) atoms. The number of anilines is 2. The molecule has 0 bridgehead atoms. The van der Waals surface area contributed by atoms with Crippen molar-refractivity contribution in [2.75, 3.05) is 11.1 Å². The van der Waals surface area contributed by atoms with E-state index in [0.29, 0.717) is 16.8 Å². The number of benzene rings is 1. The highest BCUT2D eigenvalue weighted by molar-refractivity contribution is 6.33. The predicted molar refractivity (Wildman–Crippen MR) is 52.5 cm³/mol. The first-order valence-corrected chi connectivity index (χ1v) is 4.45. The Morgan fingerprint density at radius 1 is 1.42 bits per heavy atom. The van der Waals surface area contributed by atoms with E-state index in [9.17, 15) is 0 Å². The van der Waals surface area contributed by atoms with Crippen molar-refractivity contribution in [3.63, 3.8) is 0 Å². The van der Waals surface area contributed by atoms with E-state index in [-0.39, 0.29) is 0 Å². The SMILES string of the molecule is Nc1c(Cl)cccc1NC1CC1. The molecule has 0 aliphatic heterocycles. The van der Waals surface area contributed by atoms with Crippen molar-refractivity contribution in [3.05, 3.63) is 23.2 Å². The highest BCUT2D eigenvalue weighted by atomic mass is 35.5. The quantitative estimate of drug-likeness (QED) is 0.690. The summed E-state index contributed by atoms with van der Waals surface area (Å²) >= 11 is 5.85. The molecule has 0 radical (unpaired) electrons. The van der Waals surface area contributed by atoms with Gasteiger partial charge >= 0.3 is 0 Å². The third-order valence-electron chi connectivity index (χ3n) is 1.99. The van der Waals surface area contributed by atoms with Crippen molar-refractivity contribution in [1.29, 1.82) is 0 Å². The molecule has 0 saturated heterocycles. The zero-order valence-corrected chi connectivity index (χ0v) is 7.43. The monoisotopic (exact) mass is 182 g/mol. The van der Waals surface area contributed by atoms with Gasteiger partial charge < -0.3 is 11.1 Å². The van der Waals surface area contributed by atoms with Crippen LogP contribution in [-0.2, 0) is 0 Å². The number of nitrogens with one attached hydrogen (secondary N) is 1. The number of hydrogen-bond donors (Lipinski definition) is 2. The van der Waals surface area contributed by atoms with Crippen LogP contribution in [-0.4, -0.2) is 6.04 Å². The maximum Gasteiger partial charge on any atom is 0.0739 e. The first kappa shape index (κ1) is 7.74. The van der Waals surface area contributed by atoms with Crippen LogP contribution in [0, 0.1) is 0 Å². The summed E-state index contributed by atoms with van der Waals surface area (Å²) in [7, 11) is 0. The number of para-hydroxylation sites is 1. The third kappa shape index (κ3) is 1.48. The smallest absolute Gasteiger partial charge is 0.0739 e. The Bertz CT molecular complexity index is 295. The van der Waals surface area contributed by atoms with E-state index in [0.717, 1.165) is 5.69 Å². The van der Waals surface area contributed by atoms with Crippen LogP contribution in [0.15, 0.2) is 18.2 Å². The van der Waals surface area contributed by atoms with E-state index in [1.54, 1.807) is 6.07 Å². The van der Waals surface area contributed by atoms with Gasteiger partial charge in [0.05, 0.1) is 16.4 Å². The summed E-state index contributed by atoms with van der Waals surface area (Å²) in [6.07, 6.45) is 2.48. The number of nitrogens with two attached hydrogens (primary N) is 1. The van der Waals surface area contributed by atoms with Crippen molar-refractivity contribution >= 4 is 23.0 Å². The molecule has 1 saturated carbocycles. The Kier molecular flexibility index (Phi) is 1.85. The maximum absolute atomic E-state index is 5.85. The molecule has 2 rings (SSSR count). The number of halogens is 1. The van der Waals surface area contributed by atoms with Crippen LogP contribution in [0.5, 0.6) is 0 Å². The van der Waals surface area contributed by atoms with Crippen molar-refractivity contribution in [3.8, 4) is 0 Å². The molecule has 0 unspecified atom stereocenters. The highest BCUT2D eigenvalue weighted by Crippen LogP contribution is 2.31. The highest BCUT2D eigenvalue weighted by Gasteiger charge is 2.21. The second-order valence-corrected chi connectivity index (χ2v) is 3.53. The summed E-state index contributed by atoms with van der Waals surface area (Å²) in [6, 6.07) is 6.28. The minimum absolute atomic E-state index is 0.616. The van der Waals surface area contributed by atoms with Crippen LogP contribution < -0.4 is 11.1 Å². The third-order valence-corrected chi connectivity index (χ3v) is 2.32. The van der Waals surface area contributed by atoms with Gasteiger partial charge in [-0.05, 0) is 25.0 Å². The summed E-state index contributed by atoms with van der Waals surface area (Å²) in [5.74, 6) is 0. The Morgan fingerprint density at radius 3 is 2.83 bits per heavy atom. The second kappa shape index (κ2) is 2.87. The molecule has 64 valence electrons. The van der Waals surface area contributed by atoms with E-state index in [2.05, 4.69) is 5.32 Å². The van der Waals surface area contributed by atoms with Gasteiger partial charge in [-0.3, -0.25) is 0 Å². The molecular weight excluding hydrogens is 172 g/mol. The molecule has 0 atom stereocenters. The lowest BCUT2D eigenvalue weighted by Crippen LogP contribution is -2.03. The summed E-state index contributed by atoms with van der Waals surface area (Å²) in [4.78, 5) is 0. The lowest BCUT2D eigenvalue weighted by Gasteiger charge is -2.08. The maximum atomic E-state index is 5.85. The molecule has 0 aromatic heterocycles. The molecule has 1 fully saturated rings. The minimum atomic E-state index is 0.616. The van der Waals surface area contributed by atoms with E-state index in [4.69, 9.17) is 17.3 Å². The minimum Gasteiger partial charge on any atom is -0.396 e. The van der Waals surface area contributed by atoms with Crippen LogP contribution >= 0.6 is 11.6 Å². The molecule has 1 aliphatic carbocycles. The van der Waals surface area contributed by atoms with Crippen LogP contribution in [0.1, 0.15) is 12.8 Å². The summed E-state index contributed by atoms with van der Waals surface area (Å²) < 4.78 is 0. The first-order chi connectivity index (χ1) is 5.77. The molecule has 1 aromatic rings. The fourth-order valence-corrected chi connectivity index (χ4v) is 1.29. The van der Waals surface area contributed by atoms with Gasteiger partial charge in [-0.2, -0.15) is 0 Å². The van der Waals surface area contributed by atoms with Crippen LogP contribution in [0.2, 0.25) is 5.02 Å². The van der Waals surface area contributed by atoms with Crippen molar-refractivity contribution in [2.45, 2.75) is 18.9 Å². The summed E-state index contributed by atoms with van der Waals surface area (Å²) in [5.41, 5.74) is 7.39. The molecule has 3 N–H and O–H groups in total. The van der Waals surface area contributed by atoms with Gasteiger partial charge in [0.2, 0.25) is 0 Å². The largest absolute Gasteiger partial charge is 0.396 e. The zero-order valence-electron chi connectivity index (χ0n) is 6.68. The van der Waals surface area contributed by atoms with E-state index >= 15 is 0 Å². The van der Waals surface area contributed by atoms with Gasteiger partial charge in [-0.25, -0.2) is 0 Å². The van der Waals surface area contributed by atoms with Crippen molar-refractivity contribution < 1.29 is 0 Å². The Hall–Kier alpha value is -0.890. The van der Waals surface area contributed by atoms with Crippen molar-refractivity contribution in [2.24, 2.45) is 0 Å². The summed E-state index contributed by atoms with van der Waals surface area (Å²) in [5, 5.41) is 3.94. The molecule has 0 heterocycles. The Balaban J connectivity index is 2.23. The molecular formula is C9H11ClN2. The molecule has 0 spiro atoms. The van der Waals surface area contributed by atoms with E-state index < -0.39 is 0 Å². The van der Waals surface area contributed by atoms with Crippen molar-refractivity contribution in [1.82, 2.24) is 0 Å². The van der Waals surface area contributed by atoms with Crippen LogP contribution in [0.25, 0.3) is 0 Å². The Morgan fingerprint density at radius 2 is 2.17 bits per heavy atom. The molecule has 1 aromatic carbocycles. The second-order valence-electron chi connectivity index (χ2n) is 3.12. The normalized spacial score (nSPS) is 16.1. The number of nitrogen functional groups attached to an aromatic ring is 1. The van der Waals surface area contributed by atoms with Gasteiger partial charge in [0, 0.05) is 6.04 Å². The van der Waals surface area contributed by atoms with E-state index in [1.807, 2.05) is 12.1 Å². The molecule has 1 aliphatic rings. The van der Waals surface area contributed by atoms with Crippen LogP contribution in [0.3, 0.4) is 0 Å². The lowest BCUT2D eigenvalue weighted by atomic mass is 10.2. The molecule has 2 nitrogen and oxygen atoms in total. The first-order valence-electron chi connectivity index (χ1n) is 4.08. The fraction of sp³-hybridized carbons (Fsp3) is 0.333. The average molecular weight is 183 g/mol. The lowest BCUT2D eigenvalue weighted by molar-refractivity contribution is 1.16. The van der Waals surface area contributed by atoms with Gasteiger partial charge in [-0.15, -0.1) is 0 Å². The van der Waals surface area contributed by atoms with E-state index in [1.165, 1.54) is 12.8 Å². The van der Waals surface area contributed by atoms with Gasteiger partial charge in [-0.1, -0.05) is 17.7 Å². The Labute approximate surface area is 76.7 Å². The number of hydrogen-bond acceptors (Lipinski definition) is 2. The summed E-state index contributed by atoms with van der Waals surface area (Å²) in [6.45, 7) is 0. The van der Waals surface area contributed by atoms with Gasteiger partial charge in [0.1, 0.15) is 0 Å². The topological polar surface area (TPSA) is 38.0 Å². The van der Waals surface area contributed by atoms with Crippen LogP contribution in [0.4, 0.5) is 11.4 Å². The predicted octanol–water partition coefficient (Wildman–Crippen LogP) is 2.50.